The van der Waals surface area contributed by atoms with Gasteiger partial charge >= 0.3 is 5.63 Å². The van der Waals surface area contributed by atoms with Gasteiger partial charge in [-0.15, -0.1) is 0 Å². The van der Waals surface area contributed by atoms with E-state index >= 15 is 0 Å². The molecule has 7 heteroatoms. The van der Waals surface area contributed by atoms with Gasteiger partial charge < -0.3 is 19.1 Å². The molecule has 0 aromatic carbocycles. The molecule has 1 aromatic heterocycles. The summed E-state index contributed by atoms with van der Waals surface area (Å²) in [6, 6.07) is 3.43. The molecule has 0 bridgehead atoms. The molecule has 7 nitrogen and oxygen atoms in total. The van der Waals surface area contributed by atoms with E-state index in [0.29, 0.717) is 11.8 Å². The summed E-state index contributed by atoms with van der Waals surface area (Å²) >= 11 is 0. The van der Waals surface area contributed by atoms with E-state index in [0.717, 1.165) is 88.9 Å². The van der Waals surface area contributed by atoms with Crippen molar-refractivity contribution in [3.05, 3.63) is 46.0 Å². The standard InChI is InChI=1S/C30H42N2O5/c1-20(32-14-16-35-17-15-32)37-31-23-8-11-28(2)22(18-23)5-6-26-25(28)9-12-29(3)24(10-13-30(26,29)34)21-4-7-27(33)36-19-21/h4,7,18-20,24-26,34H,5-6,8-17H2,1-3H3/b31-23+/t20?,24-,25+,26-,28+,29-,30+/m1/s1. The Morgan fingerprint density at radius 2 is 1.89 bits per heavy atom. The first-order chi connectivity index (χ1) is 17.7. The van der Waals surface area contributed by atoms with Crippen molar-refractivity contribution in [2.24, 2.45) is 27.8 Å². The first kappa shape index (κ1) is 25.3. The van der Waals surface area contributed by atoms with E-state index in [2.05, 4.69) is 36.9 Å². The van der Waals surface area contributed by atoms with Crippen LogP contribution in [-0.2, 0) is 9.57 Å². The molecule has 6 rings (SSSR count). The summed E-state index contributed by atoms with van der Waals surface area (Å²) in [5, 5.41) is 17.0. The van der Waals surface area contributed by atoms with Crippen molar-refractivity contribution in [2.75, 3.05) is 26.3 Å². The van der Waals surface area contributed by atoms with Crippen molar-refractivity contribution in [1.82, 2.24) is 4.90 Å². The van der Waals surface area contributed by atoms with Crippen molar-refractivity contribution in [2.45, 2.75) is 89.9 Å². The average Bonchev–Trinajstić information content (AvgIpc) is 3.19. The summed E-state index contributed by atoms with van der Waals surface area (Å²) in [6.07, 6.45) is 11.8. The number of rotatable bonds is 4. The average molecular weight is 511 g/mol. The van der Waals surface area contributed by atoms with Gasteiger partial charge in [-0.3, -0.25) is 4.90 Å². The lowest BCUT2D eigenvalue weighted by Gasteiger charge is -2.61. The molecule has 1 aliphatic heterocycles. The molecule has 0 amide bonds. The molecule has 1 N–H and O–H groups in total. The van der Waals surface area contributed by atoms with Gasteiger partial charge in [-0.25, -0.2) is 4.79 Å². The molecular weight excluding hydrogens is 468 g/mol. The molecule has 4 aliphatic carbocycles. The second-order valence-corrected chi connectivity index (χ2v) is 12.6. The number of hydrogen-bond donors (Lipinski definition) is 1. The monoisotopic (exact) mass is 510 g/mol. The van der Waals surface area contributed by atoms with Crippen LogP contribution in [0, 0.1) is 22.7 Å². The van der Waals surface area contributed by atoms with E-state index in [4.69, 9.17) is 14.0 Å². The number of hydrogen-bond acceptors (Lipinski definition) is 7. The third-order valence-corrected chi connectivity index (χ3v) is 11.2. The van der Waals surface area contributed by atoms with Crippen LogP contribution in [0.3, 0.4) is 0 Å². The molecule has 37 heavy (non-hydrogen) atoms. The Morgan fingerprint density at radius 3 is 2.65 bits per heavy atom. The van der Waals surface area contributed by atoms with E-state index in [-0.39, 0.29) is 28.6 Å². The number of ether oxygens (including phenoxy) is 1. The maximum Gasteiger partial charge on any atom is 0.335 e. The third kappa shape index (κ3) is 4.04. The quantitative estimate of drug-likeness (QED) is 0.583. The van der Waals surface area contributed by atoms with Crippen LogP contribution in [0.1, 0.15) is 83.6 Å². The van der Waals surface area contributed by atoms with Crippen molar-refractivity contribution in [3.8, 4) is 0 Å². The molecular formula is C30H42N2O5. The highest BCUT2D eigenvalue weighted by Gasteiger charge is 2.66. The molecule has 7 atom stereocenters. The highest BCUT2D eigenvalue weighted by Crippen LogP contribution is 2.69. The van der Waals surface area contributed by atoms with Gasteiger partial charge in [0.2, 0.25) is 0 Å². The van der Waals surface area contributed by atoms with Crippen LogP contribution in [0.4, 0.5) is 0 Å². The first-order valence-electron chi connectivity index (χ1n) is 14.3. The minimum Gasteiger partial charge on any atom is -0.431 e. The molecule has 1 unspecified atom stereocenters. The van der Waals surface area contributed by atoms with Crippen molar-refractivity contribution >= 4 is 5.71 Å². The fraction of sp³-hybridized carbons (Fsp3) is 0.733. The zero-order chi connectivity index (χ0) is 25.8. The Bertz CT molecular complexity index is 1120. The zero-order valence-corrected chi connectivity index (χ0v) is 22.6. The van der Waals surface area contributed by atoms with Crippen LogP contribution in [0.2, 0.25) is 0 Å². The molecule has 2 heterocycles. The Morgan fingerprint density at radius 1 is 1.08 bits per heavy atom. The molecule has 3 saturated carbocycles. The van der Waals surface area contributed by atoms with Gasteiger partial charge in [0, 0.05) is 24.6 Å². The van der Waals surface area contributed by atoms with Gasteiger partial charge in [0.15, 0.2) is 6.23 Å². The summed E-state index contributed by atoms with van der Waals surface area (Å²) in [5.41, 5.74) is 2.51. The number of allylic oxidation sites excluding steroid dienone is 2. The maximum absolute atomic E-state index is 12.4. The molecule has 202 valence electrons. The van der Waals surface area contributed by atoms with Crippen molar-refractivity contribution < 1.29 is 19.1 Å². The maximum atomic E-state index is 12.4. The van der Waals surface area contributed by atoms with E-state index in [9.17, 15) is 9.90 Å². The summed E-state index contributed by atoms with van der Waals surface area (Å²) < 4.78 is 10.7. The summed E-state index contributed by atoms with van der Waals surface area (Å²) in [4.78, 5) is 19.8. The van der Waals surface area contributed by atoms with Crippen LogP contribution in [-0.4, -0.2) is 53.9 Å². The lowest BCUT2D eigenvalue weighted by molar-refractivity contribution is -0.176. The summed E-state index contributed by atoms with van der Waals surface area (Å²) in [6.45, 7) is 10.1. The Kier molecular flexibility index (Phi) is 6.40. The Labute approximate surface area is 219 Å². The topological polar surface area (TPSA) is 84.5 Å². The van der Waals surface area contributed by atoms with Crippen LogP contribution >= 0.6 is 0 Å². The molecule has 4 fully saturated rings. The fourth-order valence-electron chi connectivity index (χ4n) is 8.87. The van der Waals surface area contributed by atoms with Crippen LogP contribution in [0.5, 0.6) is 0 Å². The third-order valence-electron chi connectivity index (χ3n) is 11.2. The smallest absolute Gasteiger partial charge is 0.335 e. The highest BCUT2D eigenvalue weighted by atomic mass is 16.6. The van der Waals surface area contributed by atoms with Gasteiger partial charge in [0.05, 0.1) is 30.8 Å². The van der Waals surface area contributed by atoms with Gasteiger partial charge in [-0.1, -0.05) is 24.6 Å². The van der Waals surface area contributed by atoms with Crippen LogP contribution in [0.15, 0.2) is 44.4 Å². The lowest BCUT2D eigenvalue weighted by Crippen LogP contribution is -2.60. The van der Waals surface area contributed by atoms with Gasteiger partial charge in [-0.05, 0) is 99.2 Å². The zero-order valence-electron chi connectivity index (χ0n) is 22.6. The Balaban J connectivity index is 1.20. The molecule has 0 radical (unpaired) electrons. The van der Waals surface area contributed by atoms with E-state index in [1.54, 1.807) is 6.26 Å². The SMILES string of the molecule is CC(O/N=C1/C=C2CC[C@@H]3[C@H](CC[C@]4(C)[C@@H](c5ccc(=O)oc5)CC[C@]34O)[C@@]2(C)CC1)N1CCOCC1. The van der Waals surface area contributed by atoms with Crippen LogP contribution in [0.25, 0.3) is 0 Å². The number of morpholine rings is 1. The number of aliphatic hydroxyl groups is 1. The second-order valence-electron chi connectivity index (χ2n) is 12.6. The second kappa shape index (κ2) is 9.35. The predicted molar refractivity (Wildman–Crippen MR) is 141 cm³/mol. The predicted octanol–water partition coefficient (Wildman–Crippen LogP) is 4.85. The lowest BCUT2D eigenvalue weighted by atomic mass is 9.45. The minimum absolute atomic E-state index is 0.0444. The van der Waals surface area contributed by atoms with Crippen LogP contribution < -0.4 is 5.63 Å². The molecule has 1 aromatic rings. The Hall–Kier alpha value is -1.96. The molecule has 1 saturated heterocycles. The highest BCUT2D eigenvalue weighted by molar-refractivity contribution is 5.96. The number of oxime groups is 1. The van der Waals surface area contributed by atoms with Crippen molar-refractivity contribution in [1.29, 1.82) is 0 Å². The number of nitrogens with zero attached hydrogens (tertiary/aromatic N) is 2. The minimum atomic E-state index is -0.684. The first-order valence-corrected chi connectivity index (χ1v) is 14.3. The van der Waals surface area contributed by atoms with E-state index in [1.807, 2.05) is 6.07 Å². The van der Waals surface area contributed by atoms with E-state index in [1.165, 1.54) is 11.6 Å². The van der Waals surface area contributed by atoms with Crippen molar-refractivity contribution in [3.63, 3.8) is 0 Å². The molecule has 0 spiro atoms. The number of fused-ring (bicyclic) bond motifs is 5. The normalized spacial score (nSPS) is 41.9. The molecule has 5 aliphatic rings. The fourth-order valence-corrected chi connectivity index (χ4v) is 8.87. The largest absolute Gasteiger partial charge is 0.431 e. The van der Waals surface area contributed by atoms with Gasteiger partial charge in [-0.2, -0.15) is 0 Å². The van der Waals surface area contributed by atoms with E-state index < -0.39 is 5.60 Å². The summed E-state index contributed by atoms with van der Waals surface area (Å²) in [7, 11) is 0. The summed E-state index contributed by atoms with van der Waals surface area (Å²) in [5.74, 6) is 1.00. The van der Waals surface area contributed by atoms with Gasteiger partial charge in [0.25, 0.3) is 0 Å². The van der Waals surface area contributed by atoms with Gasteiger partial charge in [0.1, 0.15) is 0 Å².